The lowest BCUT2D eigenvalue weighted by Gasteiger charge is -2.31. The van der Waals surface area contributed by atoms with Crippen LogP contribution in [0, 0.1) is 19.8 Å². The molecule has 1 saturated heterocycles. The van der Waals surface area contributed by atoms with Crippen LogP contribution in [0.1, 0.15) is 42.7 Å². The van der Waals surface area contributed by atoms with Gasteiger partial charge in [0.05, 0.1) is 11.7 Å². The molecule has 2 aromatic rings. The number of rotatable bonds is 4. The first kappa shape index (κ1) is 20.0. The molecule has 0 N–H and O–H groups in total. The van der Waals surface area contributed by atoms with E-state index in [9.17, 15) is 8.42 Å². The molecular weight excluding hydrogens is 402 g/mol. The highest BCUT2D eigenvalue weighted by molar-refractivity contribution is 7.89. The second kappa shape index (κ2) is 7.66. The van der Waals surface area contributed by atoms with E-state index in [-0.39, 0.29) is 12.1 Å². The highest BCUT2D eigenvalue weighted by atomic mass is 32.2. The van der Waals surface area contributed by atoms with Gasteiger partial charge >= 0.3 is 0 Å². The molecule has 1 aliphatic carbocycles. The molecule has 1 aromatic heterocycles. The Morgan fingerprint density at radius 1 is 1.10 bits per heavy atom. The zero-order chi connectivity index (χ0) is 20.9. The molecule has 1 saturated carbocycles. The molecule has 0 unspecified atom stereocenters. The fraction of sp³-hybridized carbons (Fsp3) is 0.591. The molecule has 0 amide bonds. The van der Waals surface area contributed by atoms with E-state index in [1.807, 2.05) is 19.9 Å². The Morgan fingerprint density at radius 2 is 1.87 bits per heavy atom. The summed E-state index contributed by atoms with van der Waals surface area (Å²) in [5.41, 5.74) is 2.06. The summed E-state index contributed by atoms with van der Waals surface area (Å²) in [5.74, 6) is 1.83. The molecule has 3 aliphatic rings. The maximum Gasteiger partial charge on any atom is 0.247 e. The second-order valence-electron chi connectivity index (χ2n) is 8.84. The van der Waals surface area contributed by atoms with Gasteiger partial charge in [-0.2, -0.15) is 4.31 Å². The van der Waals surface area contributed by atoms with Gasteiger partial charge in [0.25, 0.3) is 0 Å². The smallest absolute Gasteiger partial charge is 0.247 e. The zero-order valence-electron chi connectivity index (χ0n) is 17.6. The van der Waals surface area contributed by atoms with E-state index in [0.29, 0.717) is 23.1 Å². The largest absolute Gasteiger partial charge is 0.487 e. The van der Waals surface area contributed by atoms with E-state index >= 15 is 0 Å². The maximum atomic E-state index is 13.6. The van der Waals surface area contributed by atoms with Gasteiger partial charge in [0.1, 0.15) is 22.5 Å². The van der Waals surface area contributed by atoms with E-state index in [2.05, 4.69) is 10.1 Å². The van der Waals surface area contributed by atoms with Crippen molar-refractivity contribution < 1.29 is 17.7 Å². The van der Waals surface area contributed by atoms with Gasteiger partial charge < -0.3 is 9.26 Å². The number of sulfonamides is 1. The van der Waals surface area contributed by atoms with Crippen LogP contribution >= 0.6 is 0 Å². The Morgan fingerprint density at radius 3 is 2.60 bits per heavy atom. The van der Waals surface area contributed by atoms with Gasteiger partial charge in [-0.3, -0.25) is 4.90 Å². The third-order valence-electron chi connectivity index (χ3n) is 6.68. The van der Waals surface area contributed by atoms with Crippen LogP contribution in [0.4, 0.5) is 0 Å². The molecule has 30 heavy (non-hydrogen) atoms. The Bertz CT molecular complexity index is 1010. The molecule has 1 aromatic carbocycles. The summed E-state index contributed by atoms with van der Waals surface area (Å²) in [5, 5.41) is 4.07. The minimum absolute atomic E-state index is 0.141. The highest BCUT2D eigenvalue weighted by Gasteiger charge is 2.45. The monoisotopic (exact) mass is 431 g/mol. The van der Waals surface area contributed by atoms with E-state index in [1.54, 1.807) is 22.5 Å². The van der Waals surface area contributed by atoms with Crippen molar-refractivity contribution in [1.29, 1.82) is 0 Å². The Labute approximate surface area is 178 Å². The molecule has 2 atom stereocenters. The van der Waals surface area contributed by atoms with Gasteiger partial charge in [-0.15, -0.1) is 0 Å². The van der Waals surface area contributed by atoms with Crippen molar-refractivity contribution in [1.82, 2.24) is 14.4 Å². The first-order valence-electron chi connectivity index (χ1n) is 10.8. The molecule has 162 valence electrons. The lowest BCUT2D eigenvalue weighted by atomic mass is 10.1. The number of fused-ring (bicyclic) bond motifs is 2. The Hall–Kier alpha value is -1.90. The topological polar surface area (TPSA) is 75.9 Å². The highest BCUT2D eigenvalue weighted by Crippen LogP contribution is 2.40. The summed E-state index contributed by atoms with van der Waals surface area (Å²) in [6.45, 7) is 6.96. The number of nitrogens with zero attached hydrogens (tertiary/aromatic N) is 3. The van der Waals surface area contributed by atoms with Gasteiger partial charge in [-0.05, 0) is 57.6 Å². The lowest BCUT2D eigenvalue weighted by Crippen LogP contribution is -2.48. The summed E-state index contributed by atoms with van der Waals surface area (Å²) in [6, 6.07) is 6.95. The van der Waals surface area contributed by atoms with Crippen LogP contribution in [0.5, 0.6) is 5.75 Å². The standard InChI is InChI=1S/C22H29N3O4S/c1-15-18(16(2)29-23-15)14-24-11-9-19-20(10-12-24)28-21-5-3-4-6-22(21)30(26,27)25(19)13-17-7-8-17/h3-6,17,19-20H,7-14H2,1-2H3/t19-,20-/m1/s1. The molecule has 5 rings (SSSR count). The number of ether oxygens (including phenoxy) is 1. The van der Waals surface area contributed by atoms with Crippen molar-refractivity contribution in [3.63, 3.8) is 0 Å². The number of benzene rings is 1. The molecule has 0 radical (unpaired) electrons. The number of hydrogen-bond acceptors (Lipinski definition) is 6. The summed E-state index contributed by atoms with van der Waals surface area (Å²) >= 11 is 0. The van der Waals surface area contributed by atoms with Crippen LogP contribution in [0.2, 0.25) is 0 Å². The summed E-state index contributed by atoms with van der Waals surface area (Å²) < 4.78 is 40.6. The molecule has 7 nitrogen and oxygen atoms in total. The average Bonchev–Trinajstić information content (AvgIpc) is 3.52. The fourth-order valence-corrected chi connectivity index (χ4v) is 6.59. The van der Waals surface area contributed by atoms with Crippen molar-refractivity contribution >= 4 is 10.0 Å². The van der Waals surface area contributed by atoms with E-state index in [1.165, 1.54) is 0 Å². The first-order valence-corrected chi connectivity index (χ1v) is 12.3. The molecule has 3 heterocycles. The van der Waals surface area contributed by atoms with Crippen molar-refractivity contribution in [3.8, 4) is 5.75 Å². The van der Waals surface area contributed by atoms with E-state index < -0.39 is 10.0 Å². The van der Waals surface area contributed by atoms with Crippen LogP contribution in [0.25, 0.3) is 0 Å². The van der Waals surface area contributed by atoms with Crippen molar-refractivity contribution in [2.75, 3.05) is 19.6 Å². The summed E-state index contributed by atoms with van der Waals surface area (Å²) in [7, 11) is -3.58. The molecular formula is C22H29N3O4S. The number of aryl methyl sites for hydroxylation is 2. The van der Waals surface area contributed by atoms with Gasteiger partial charge in [0, 0.05) is 31.7 Å². The average molecular weight is 432 g/mol. The Kier molecular flexibility index (Phi) is 5.11. The van der Waals surface area contributed by atoms with Gasteiger partial charge in [-0.25, -0.2) is 8.42 Å². The van der Waals surface area contributed by atoms with Crippen LogP contribution in [0.3, 0.4) is 0 Å². The molecule has 0 spiro atoms. The second-order valence-corrected chi connectivity index (χ2v) is 10.7. The number of aromatic nitrogens is 1. The summed E-state index contributed by atoms with van der Waals surface area (Å²) in [4.78, 5) is 2.68. The SMILES string of the molecule is Cc1noc(C)c1CN1CC[C@@H]2[C@@H](CC1)Oc1ccccc1S(=O)(=O)N2CC1CC1. The van der Waals surface area contributed by atoms with Crippen molar-refractivity contribution in [2.24, 2.45) is 5.92 Å². The predicted octanol–water partition coefficient (Wildman–Crippen LogP) is 3.12. The van der Waals surface area contributed by atoms with Crippen LogP contribution in [-0.4, -0.2) is 54.6 Å². The van der Waals surface area contributed by atoms with E-state index in [4.69, 9.17) is 9.26 Å². The van der Waals surface area contributed by atoms with E-state index in [0.717, 1.165) is 62.3 Å². The van der Waals surface area contributed by atoms with Crippen molar-refractivity contribution in [2.45, 2.75) is 63.1 Å². The first-order chi connectivity index (χ1) is 14.4. The minimum Gasteiger partial charge on any atom is -0.487 e. The number of hydrogen-bond donors (Lipinski definition) is 0. The maximum absolute atomic E-state index is 13.6. The third-order valence-corrected chi connectivity index (χ3v) is 8.61. The van der Waals surface area contributed by atoms with Crippen molar-refractivity contribution in [3.05, 3.63) is 41.3 Å². The minimum atomic E-state index is -3.58. The van der Waals surface area contributed by atoms with Crippen LogP contribution in [-0.2, 0) is 16.6 Å². The molecule has 8 heteroatoms. The molecule has 0 bridgehead atoms. The lowest BCUT2D eigenvalue weighted by molar-refractivity contribution is 0.111. The Balaban J connectivity index is 1.44. The molecule has 2 aliphatic heterocycles. The quantitative estimate of drug-likeness (QED) is 0.740. The van der Waals surface area contributed by atoms with Crippen LogP contribution in [0.15, 0.2) is 33.7 Å². The normalized spacial score (nSPS) is 26.9. The third kappa shape index (κ3) is 3.65. The number of likely N-dealkylation sites (tertiary alicyclic amines) is 1. The van der Waals surface area contributed by atoms with Crippen LogP contribution < -0.4 is 4.74 Å². The predicted molar refractivity (Wildman–Crippen MR) is 112 cm³/mol. The van der Waals surface area contributed by atoms with Gasteiger partial charge in [0.15, 0.2) is 0 Å². The zero-order valence-corrected chi connectivity index (χ0v) is 18.4. The van der Waals surface area contributed by atoms with Gasteiger partial charge in [0.2, 0.25) is 10.0 Å². The number of para-hydroxylation sites is 1. The summed E-state index contributed by atoms with van der Waals surface area (Å²) in [6.07, 6.45) is 3.64. The fourth-order valence-electron chi connectivity index (χ4n) is 4.71. The van der Waals surface area contributed by atoms with Gasteiger partial charge in [-0.1, -0.05) is 17.3 Å². The molecule has 2 fully saturated rings.